The molecule has 1 aliphatic rings. The standard InChI is InChI=1S/C9H16N2/c1-2-3-4-5-9-6-7-10-8-11-9/h6-7,10H,2-5,8H2,1H3. The largest absolute Gasteiger partial charge is 0.372 e. The second-order valence-corrected chi connectivity index (χ2v) is 2.80. The first-order valence-corrected chi connectivity index (χ1v) is 4.36. The van der Waals surface area contributed by atoms with Crippen molar-refractivity contribution in [3.8, 4) is 0 Å². The maximum Gasteiger partial charge on any atom is 0.107 e. The molecule has 0 bridgehead atoms. The van der Waals surface area contributed by atoms with E-state index in [2.05, 4.69) is 23.3 Å². The van der Waals surface area contributed by atoms with Crippen molar-refractivity contribution in [1.29, 1.82) is 0 Å². The van der Waals surface area contributed by atoms with Gasteiger partial charge in [-0.1, -0.05) is 19.8 Å². The van der Waals surface area contributed by atoms with Crippen molar-refractivity contribution >= 4 is 5.71 Å². The Balaban J connectivity index is 2.15. The van der Waals surface area contributed by atoms with Gasteiger partial charge in [-0.15, -0.1) is 0 Å². The van der Waals surface area contributed by atoms with Gasteiger partial charge >= 0.3 is 0 Å². The lowest BCUT2D eigenvalue weighted by molar-refractivity contribution is 0.737. The van der Waals surface area contributed by atoms with Crippen molar-refractivity contribution in [3.05, 3.63) is 12.3 Å². The molecular formula is C9H16N2. The molecule has 0 unspecified atom stereocenters. The number of unbranched alkanes of at least 4 members (excludes halogenated alkanes) is 2. The maximum atomic E-state index is 4.32. The fourth-order valence-corrected chi connectivity index (χ4v) is 1.13. The summed E-state index contributed by atoms with van der Waals surface area (Å²) in [5, 5.41) is 3.04. The lowest BCUT2D eigenvalue weighted by Crippen LogP contribution is -2.12. The molecule has 0 aromatic heterocycles. The maximum absolute atomic E-state index is 4.32. The summed E-state index contributed by atoms with van der Waals surface area (Å²) in [5.74, 6) is 0. The molecule has 1 aliphatic heterocycles. The van der Waals surface area contributed by atoms with Crippen molar-refractivity contribution < 1.29 is 0 Å². The topological polar surface area (TPSA) is 24.4 Å². The first-order chi connectivity index (χ1) is 5.43. The highest BCUT2D eigenvalue weighted by Crippen LogP contribution is 2.02. The summed E-state index contributed by atoms with van der Waals surface area (Å²) in [6, 6.07) is 0. The Bertz CT molecular complexity index is 159. The Labute approximate surface area is 68.4 Å². The van der Waals surface area contributed by atoms with Gasteiger partial charge in [0.2, 0.25) is 0 Å². The number of allylic oxidation sites excluding steroid dienone is 1. The molecule has 0 saturated carbocycles. The van der Waals surface area contributed by atoms with Crippen molar-refractivity contribution in [3.63, 3.8) is 0 Å². The fourth-order valence-electron chi connectivity index (χ4n) is 1.13. The Morgan fingerprint density at radius 1 is 1.55 bits per heavy atom. The Hall–Kier alpha value is -0.790. The van der Waals surface area contributed by atoms with Gasteiger partial charge in [0.15, 0.2) is 0 Å². The molecule has 1 N–H and O–H groups in total. The van der Waals surface area contributed by atoms with E-state index >= 15 is 0 Å². The molecule has 0 aromatic rings. The van der Waals surface area contributed by atoms with Crippen molar-refractivity contribution in [2.24, 2.45) is 4.99 Å². The third-order valence-electron chi connectivity index (χ3n) is 1.80. The number of hydrogen-bond donors (Lipinski definition) is 1. The van der Waals surface area contributed by atoms with Crippen LogP contribution in [-0.2, 0) is 0 Å². The first kappa shape index (κ1) is 8.31. The summed E-state index contributed by atoms with van der Waals surface area (Å²) in [7, 11) is 0. The molecular weight excluding hydrogens is 136 g/mol. The zero-order valence-electron chi connectivity index (χ0n) is 7.14. The van der Waals surface area contributed by atoms with Gasteiger partial charge in [0.05, 0.1) is 0 Å². The van der Waals surface area contributed by atoms with Crippen LogP contribution >= 0.6 is 0 Å². The summed E-state index contributed by atoms with van der Waals surface area (Å²) < 4.78 is 0. The van der Waals surface area contributed by atoms with Crippen molar-refractivity contribution in [2.45, 2.75) is 32.6 Å². The molecule has 2 nitrogen and oxygen atoms in total. The van der Waals surface area contributed by atoms with Gasteiger partial charge in [0, 0.05) is 5.71 Å². The van der Waals surface area contributed by atoms with E-state index in [0.717, 1.165) is 13.1 Å². The molecule has 0 amide bonds. The van der Waals surface area contributed by atoms with E-state index in [-0.39, 0.29) is 0 Å². The highest BCUT2D eigenvalue weighted by molar-refractivity contribution is 5.95. The molecule has 0 saturated heterocycles. The molecule has 0 fully saturated rings. The minimum absolute atomic E-state index is 0.762. The van der Waals surface area contributed by atoms with Crippen LogP contribution in [0.15, 0.2) is 17.3 Å². The lowest BCUT2D eigenvalue weighted by atomic mass is 10.1. The molecule has 11 heavy (non-hydrogen) atoms. The van der Waals surface area contributed by atoms with E-state index in [1.807, 2.05) is 6.20 Å². The number of aliphatic imine (C=N–C) groups is 1. The fraction of sp³-hybridized carbons (Fsp3) is 0.667. The van der Waals surface area contributed by atoms with E-state index in [9.17, 15) is 0 Å². The number of nitrogens with one attached hydrogen (secondary N) is 1. The second-order valence-electron chi connectivity index (χ2n) is 2.80. The highest BCUT2D eigenvalue weighted by atomic mass is 15.0. The summed E-state index contributed by atoms with van der Waals surface area (Å²) >= 11 is 0. The molecule has 1 heterocycles. The number of hydrogen-bond acceptors (Lipinski definition) is 2. The smallest absolute Gasteiger partial charge is 0.107 e. The monoisotopic (exact) mass is 152 g/mol. The molecule has 0 radical (unpaired) electrons. The quantitative estimate of drug-likeness (QED) is 0.613. The average Bonchev–Trinajstić information content (AvgIpc) is 2.07. The van der Waals surface area contributed by atoms with Gasteiger partial charge in [-0.05, 0) is 25.1 Å². The Morgan fingerprint density at radius 2 is 2.45 bits per heavy atom. The van der Waals surface area contributed by atoms with Crippen molar-refractivity contribution in [1.82, 2.24) is 5.32 Å². The molecule has 0 spiro atoms. The van der Waals surface area contributed by atoms with Gasteiger partial charge in [0.25, 0.3) is 0 Å². The van der Waals surface area contributed by atoms with Gasteiger partial charge in [0.1, 0.15) is 6.67 Å². The summed E-state index contributed by atoms with van der Waals surface area (Å²) in [6.45, 7) is 2.98. The minimum atomic E-state index is 0.762. The van der Waals surface area contributed by atoms with Crippen LogP contribution in [0.3, 0.4) is 0 Å². The van der Waals surface area contributed by atoms with E-state index in [1.165, 1.54) is 25.0 Å². The summed E-state index contributed by atoms with van der Waals surface area (Å²) in [5.41, 5.74) is 1.25. The number of rotatable bonds is 4. The average molecular weight is 152 g/mol. The van der Waals surface area contributed by atoms with Crippen LogP contribution in [0, 0.1) is 0 Å². The van der Waals surface area contributed by atoms with Crippen LogP contribution in [0.1, 0.15) is 32.6 Å². The number of nitrogens with zero attached hydrogens (tertiary/aromatic N) is 1. The molecule has 1 rings (SSSR count). The normalized spacial score (nSPS) is 15.9. The summed E-state index contributed by atoms with van der Waals surface area (Å²) in [6.07, 6.45) is 9.08. The molecule has 0 aromatic carbocycles. The second kappa shape index (κ2) is 4.94. The van der Waals surface area contributed by atoms with Crippen LogP contribution in [0.2, 0.25) is 0 Å². The first-order valence-electron chi connectivity index (χ1n) is 4.36. The van der Waals surface area contributed by atoms with E-state index in [0.29, 0.717) is 0 Å². The zero-order valence-corrected chi connectivity index (χ0v) is 7.14. The van der Waals surface area contributed by atoms with E-state index in [1.54, 1.807) is 0 Å². The molecule has 0 atom stereocenters. The lowest BCUT2D eigenvalue weighted by Gasteiger charge is -2.06. The van der Waals surface area contributed by atoms with Crippen LogP contribution in [-0.4, -0.2) is 12.4 Å². The predicted molar refractivity (Wildman–Crippen MR) is 48.7 cm³/mol. The Morgan fingerprint density at radius 3 is 3.09 bits per heavy atom. The molecule has 62 valence electrons. The predicted octanol–water partition coefficient (Wildman–Crippen LogP) is 2.08. The minimum Gasteiger partial charge on any atom is -0.372 e. The third kappa shape index (κ3) is 3.21. The van der Waals surface area contributed by atoms with Gasteiger partial charge < -0.3 is 5.32 Å². The van der Waals surface area contributed by atoms with Gasteiger partial charge in [-0.25, -0.2) is 0 Å². The van der Waals surface area contributed by atoms with E-state index < -0.39 is 0 Å². The van der Waals surface area contributed by atoms with Crippen molar-refractivity contribution in [2.75, 3.05) is 6.67 Å². The zero-order chi connectivity index (χ0) is 7.94. The Kier molecular flexibility index (Phi) is 3.73. The van der Waals surface area contributed by atoms with Gasteiger partial charge in [-0.2, -0.15) is 0 Å². The van der Waals surface area contributed by atoms with Crippen LogP contribution in [0.4, 0.5) is 0 Å². The van der Waals surface area contributed by atoms with Gasteiger partial charge in [-0.3, -0.25) is 4.99 Å². The van der Waals surface area contributed by atoms with Crippen LogP contribution in [0.5, 0.6) is 0 Å². The highest BCUT2D eigenvalue weighted by Gasteiger charge is 1.96. The van der Waals surface area contributed by atoms with Crippen LogP contribution < -0.4 is 5.32 Å². The molecule has 2 heteroatoms. The van der Waals surface area contributed by atoms with E-state index in [4.69, 9.17) is 0 Å². The summed E-state index contributed by atoms with van der Waals surface area (Å²) in [4.78, 5) is 4.32. The van der Waals surface area contributed by atoms with Crippen LogP contribution in [0.25, 0.3) is 0 Å². The molecule has 0 aliphatic carbocycles. The third-order valence-corrected chi connectivity index (χ3v) is 1.80. The SMILES string of the molecule is CCCCCC1=NCNC=C1.